The van der Waals surface area contributed by atoms with Crippen LogP contribution in [0, 0.1) is 3.57 Å². The molecule has 0 unspecified atom stereocenters. The molecule has 0 saturated carbocycles. The summed E-state index contributed by atoms with van der Waals surface area (Å²) in [5.41, 5.74) is 0. The first-order valence-electron chi connectivity index (χ1n) is 4.24. The average molecular weight is 287 g/mol. The fourth-order valence-electron chi connectivity index (χ4n) is 1.29. The normalized spacial score (nSPS) is 16.2. The zero-order chi connectivity index (χ0) is 9.10. The Kier molecular flexibility index (Phi) is 2.77. The van der Waals surface area contributed by atoms with E-state index in [9.17, 15) is 0 Å². The predicted octanol–water partition coefficient (Wildman–Crippen LogP) is 1.85. The molecule has 13 heavy (non-hydrogen) atoms. The van der Waals surface area contributed by atoms with Crippen LogP contribution in [-0.2, 0) is 0 Å². The van der Waals surface area contributed by atoms with E-state index in [1.165, 1.54) is 0 Å². The van der Waals surface area contributed by atoms with Crippen molar-refractivity contribution in [2.24, 2.45) is 0 Å². The number of hydrogen-bond acceptors (Lipinski definition) is 3. The third-order valence-electron chi connectivity index (χ3n) is 1.95. The highest BCUT2D eigenvalue weighted by atomic mass is 127. The Balaban J connectivity index is 2.15. The van der Waals surface area contributed by atoms with E-state index in [1.54, 1.807) is 0 Å². The summed E-state index contributed by atoms with van der Waals surface area (Å²) in [6.07, 6.45) is 9.14. The molecule has 0 atom stereocenters. The first kappa shape index (κ1) is 8.93. The molecule has 0 amide bonds. The molecule has 0 bridgehead atoms. The third-order valence-corrected chi connectivity index (χ3v) is 2.50. The van der Waals surface area contributed by atoms with Crippen LogP contribution in [-0.4, -0.2) is 23.1 Å². The lowest BCUT2D eigenvalue weighted by molar-refractivity contribution is 0.785. The van der Waals surface area contributed by atoms with Crippen molar-refractivity contribution in [3.05, 3.63) is 28.1 Å². The second-order valence-electron chi connectivity index (χ2n) is 2.91. The molecule has 1 aromatic heterocycles. The number of nitrogens with zero attached hydrogens (tertiary/aromatic N) is 3. The maximum absolute atomic E-state index is 4.28. The Bertz CT molecular complexity index is 307. The maximum Gasteiger partial charge on any atom is 0.225 e. The smallest absolute Gasteiger partial charge is 0.225 e. The predicted molar refractivity (Wildman–Crippen MR) is 60.7 cm³/mol. The summed E-state index contributed by atoms with van der Waals surface area (Å²) in [6, 6.07) is 0. The summed E-state index contributed by atoms with van der Waals surface area (Å²) >= 11 is 2.21. The van der Waals surface area contributed by atoms with Gasteiger partial charge in [0.1, 0.15) is 0 Å². The van der Waals surface area contributed by atoms with Gasteiger partial charge in [-0.1, -0.05) is 12.2 Å². The van der Waals surface area contributed by atoms with E-state index >= 15 is 0 Å². The molecule has 0 radical (unpaired) electrons. The van der Waals surface area contributed by atoms with Crippen LogP contribution in [0.1, 0.15) is 6.42 Å². The second kappa shape index (κ2) is 4.04. The topological polar surface area (TPSA) is 29.0 Å². The molecule has 0 N–H and O–H groups in total. The van der Waals surface area contributed by atoms with Crippen molar-refractivity contribution in [3.63, 3.8) is 0 Å². The van der Waals surface area contributed by atoms with Crippen LogP contribution in [0.2, 0.25) is 0 Å². The maximum atomic E-state index is 4.28. The molecule has 2 heterocycles. The van der Waals surface area contributed by atoms with Crippen LogP contribution in [0.25, 0.3) is 0 Å². The first-order valence-corrected chi connectivity index (χ1v) is 5.31. The molecule has 0 aromatic carbocycles. The van der Waals surface area contributed by atoms with Gasteiger partial charge < -0.3 is 4.90 Å². The Morgan fingerprint density at radius 3 is 2.62 bits per heavy atom. The summed E-state index contributed by atoms with van der Waals surface area (Å²) in [5.74, 6) is 0.838. The third kappa shape index (κ3) is 2.18. The summed E-state index contributed by atoms with van der Waals surface area (Å²) in [5, 5.41) is 0. The summed E-state index contributed by atoms with van der Waals surface area (Å²) in [6.45, 7) is 1.96. The van der Waals surface area contributed by atoms with Gasteiger partial charge in [0, 0.05) is 29.1 Å². The van der Waals surface area contributed by atoms with Gasteiger partial charge in [-0.05, 0) is 29.0 Å². The van der Waals surface area contributed by atoms with Gasteiger partial charge in [0.05, 0.1) is 0 Å². The molecule has 4 heteroatoms. The van der Waals surface area contributed by atoms with E-state index in [0.29, 0.717) is 0 Å². The first-order chi connectivity index (χ1) is 6.36. The van der Waals surface area contributed by atoms with Crippen LogP contribution in [0.5, 0.6) is 0 Å². The summed E-state index contributed by atoms with van der Waals surface area (Å²) in [7, 11) is 0. The molecule has 1 aromatic rings. The second-order valence-corrected chi connectivity index (χ2v) is 4.15. The van der Waals surface area contributed by atoms with Gasteiger partial charge in [-0.3, -0.25) is 0 Å². The number of anilines is 1. The van der Waals surface area contributed by atoms with Gasteiger partial charge in [0.25, 0.3) is 0 Å². The van der Waals surface area contributed by atoms with E-state index < -0.39 is 0 Å². The largest absolute Gasteiger partial charge is 0.337 e. The molecule has 0 spiro atoms. The Morgan fingerprint density at radius 2 is 2.00 bits per heavy atom. The van der Waals surface area contributed by atoms with E-state index in [4.69, 9.17) is 0 Å². The lowest BCUT2D eigenvalue weighted by atomic mass is 10.3. The fourth-order valence-corrected chi connectivity index (χ4v) is 1.57. The van der Waals surface area contributed by atoms with Crippen LogP contribution in [0.15, 0.2) is 24.5 Å². The number of hydrogen-bond donors (Lipinski definition) is 0. The highest BCUT2D eigenvalue weighted by Gasteiger charge is 2.08. The minimum Gasteiger partial charge on any atom is -0.337 e. The van der Waals surface area contributed by atoms with E-state index in [-0.39, 0.29) is 0 Å². The monoisotopic (exact) mass is 287 g/mol. The lowest BCUT2D eigenvalue weighted by Crippen LogP contribution is -2.28. The molecule has 2 rings (SSSR count). The van der Waals surface area contributed by atoms with E-state index in [0.717, 1.165) is 29.0 Å². The average Bonchev–Trinajstić information content (AvgIpc) is 2.20. The molecule has 0 fully saturated rings. The van der Waals surface area contributed by atoms with Crippen LogP contribution >= 0.6 is 22.6 Å². The Morgan fingerprint density at radius 1 is 1.23 bits per heavy atom. The van der Waals surface area contributed by atoms with Crippen LogP contribution in [0.4, 0.5) is 5.95 Å². The van der Waals surface area contributed by atoms with Crippen molar-refractivity contribution in [2.75, 3.05) is 18.0 Å². The molecule has 0 aliphatic carbocycles. The zero-order valence-electron chi connectivity index (χ0n) is 7.15. The minimum absolute atomic E-state index is 0.838. The fraction of sp³-hybridized carbons (Fsp3) is 0.333. The molecule has 0 saturated heterocycles. The summed E-state index contributed by atoms with van der Waals surface area (Å²) < 4.78 is 1.08. The minimum atomic E-state index is 0.838. The zero-order valence-corrected chi connectivity index (χ0v) is 9.31. The van der Waals surface area contributed by atoms with Gasteiger partial charge in [0.2, 0.25) is 5.95 Å². The molecular weight excluding hydrogens is 277 g/mol. The van der Waals surface area contributed by atoms with Crippen molar-refractivity contribution < 1.29 is 0 Å². The van der Waals surface area contributed by atoms with E-state index in [2.05, 4.69) is 49.6 Å². The standard InChI is InChI=1S/C9H10IN3/c10-8-6-11-9(12-7-8)13-4-2-1-3-5-13/h1-2,6-7H,3-5H2. The van der Waals surface area contributed by atoms with Crippen molar-refractivity contribution in [1.82, 2.24) is 9.97 Å². The quantitative estimate of drug-likeness (QED) is 0.583. The Hall–Kier alpha value is -0.650. The number of aromatic nitrogens is 2. The molecule has 3 nitrogen and oxygen atoms in total. The molecular formula is C9H10IN3. The van der Waals surface area contributed by atoms with Crippen molar-refractivity contribution in [3.8, 4) is 0 Å². The van der Waals surface area contributed by atoms with Gasteiger partial charge in [-0.2, -0.15) is 0 Å². The van der Waals surface area contributed by atoms with Crippen molar-refractivity contribution in [2.45, 2.75) is 6.42 Å². The van der Waals surface area contributed by atoms with Gasteiger partial charge in [-0.25, -0.2) is 9.97 Å². The number of rotatable bonds is 1. The van der Waals surface area contributed by atoms with Crippen LogP contribution in [0.3, 0.4) is 0 Å². The van der Waals surface area contributed by atoms with Crippen molar-refractivity contribution in [1.29, 1.82) is 0 Å². The van der Waals surface area contributed by atoms with Gasteiger partial charge >= 0.3 is 0 Å². The van der Waals surface area contributed by atoms with Gasteiger partial charge in [-0.15, -0.1) is 0 Å². The lowest BCUT2D eigenvalue weighted by Gasteiger charge is -2.22. The Labute approximate surface area is 91.0 Å². The molecule has 1 aliphatic heterocycles. The highest BCUT2D eigenvalue weighted by Crippen LogP contribution is 2.11. The molecule has 1 aliphatic rings. The SMILES string of the molecule is Ic1cnc(N2CC=CCC2)nc1. The highest BCUT2D eigenvalue weighted by molar-refractivity contribution is 14.1. The number of halogens is 1. The molecule has 68 valence electrons. The summed E-state index contributed by atoms with van der Waals surface area (Å²) in [4.78, 5) is 10.7. The van der Waals surface area contributed by atoms with Gasteiger partial charge in [0.15, 0.2) is 0 Å². The van der Waals surface area contributed by atoms with Crippen LogP contribution < -0.4 is 4.90 Å². The van der Waals surface area contributed by atoms with Crippen molar-refractivity contribution >= 4 is 28.5 Å². The van der Waals surface area contributed by atoms with E-state index in [1.807, 2.05) is 12.4 Å².